The molecular formula is C13H18O4S. The molecule has 1 aromatic carbocycles. The van der Waals surface area contributed by atoms with Crippen molar-refractivity contribution in [2.45, 2.75) is 32.1 Å². The van der Waals surface area contributed by atoms with Crippen molar-refractivity contribution in [1.29, 1.82) is 0 Å². The molecule has 100 valence electrons. The number of sulfone groups is 1. The first kappa shape index (κ1) is 14.7. The molecule has 0 unspecified atom stereocenters. The lowest BCUT2D eigenvalue weighted by Crippen LogP contribution is -2.14. The molecule has 0 heterocycles. The number of carboxylic acid groups (broad SMARTS) is 1. The van der Waals surface area contributed by atoms with E-state index in [0.29, 0.717) is 12.0 Å². The van der Waals surface area contributed by atoms with E-state index in [1.165, 1.54) is 12.1 Å². The highest BCUT2D eigenvalue weighted by molar-refractivity contribution is 7.91. The zero-order chi connectivity index (χ0) is 13.9. The highest BCUT2D eigenvalue weighted by Gasteiger charge is 2.21. The van der Waals surface area contributed by atoms with Gasteiger partial charge in [0.25, 0.3) is 0 Å². The van der Waals surface area contributed by atoms with Gasteiger partial charge in [-0.05, 0) is 30.0 Å². The summed E-state index contributed by atoms with van der Waals surface area (Å²) in [4.78, 5) is 11.1. The van der Waals surface area contributed by atoms with Gasteiger partial charge in [0.1, 0.15) is 0 Å². The van der Waals surface area contributed by atoms with Gasteiger partial charge in [-0.15, -0.1) is 0 Å². The average Bonchev–Trinajstić information content (AvgIpc) is 2.26. The molecule has 0 aromatic heterocycles. The first-order valence-electron chi connectivity index (χ1n) is 5.87. The van der Waals surface area contributed by atoms with Crippen LogP contribution in [-0.2, 0) is 16.3 Å². The molecule has 0 atom stereocenters. The van der Waals surface area contributed by atoms with E-state index in [4.69, 9.17) is 5.11 Å². The first-order chi connectivity index (χ1) is 8.27. The maximum absolute atomic E-state index is 12.2. The van der Waals surface area contributed by atoms with Crippen LogP contribution in [0.2, 0.25) is 0 Å². The lowest BCUT2D eigenvalue weighted by atomic mass is 10.1. The van der Waals surface area contributed by atoms with Gasteiger partial charge in [0, 0.05) is 0 Å². The predicted octanol–water partition coefficient (Wildman–Crippen LogP) is 2.38. The number of carboxylic acids is 1. The predicted molar refractivity (Wildman–Crippen MR) is 69.7 cm³/mol. The quantitative estimate of drug-likeness (QED) is 0.891. The molecule has 1 aromatic rings. The van der Waals surface area contributed by atoms with Crippen molar-refractivity contribution in [3.05, 3.63) is 29.3 Å². The second-order valence-electron chi connectivity index (χ2n) is 4.66. The molecule has 0 saturated carbocycles. The number of aromatic carboxylic acids is 1. The third-order valence-corrected chi connectivity index (χ3v) is 4.74. The smallest absolute Gasteiger partial charge is 0.335 e. The fourth-order valence-corrected chi connectivity index (χ4v) is 3.77. The zero-order valence-corrected chi connectivity index (χ0v) is 11.6. The van der Waals surface area contributed by atoms with E-state index in [-0.39, 0.29) is 22.1 Å². The standard InChI is InChI=1S/C13H18O4S/c1-4-10-5-6-11(13(14)15)7-12(10)18(16,17)8-9(2)3/h5-7,9H,4,8H2,1-3H3,(H,14,15). The van der Waals surface area contributed by atoms with Crippen LogP contribution in [0.5, 0.6) is 0 Å². The Hall–Kier alpha value is -1.36. The van der Waals surface area contributed by atoms with E-state index in [1.54, 1.807) is 6.07 Å². The fraction of sp³-hybridized carbons (Fsp3) is 0.462. The van der Waals surface area contributed by atoms with Crippen molar-refractivity contribution in [1.82, 2.24) is 0 Å². The Kier molecular flexibility index (Phi) is 4.51. The zero-order valence-electron chi connectivity index (χ0n) is 10.8. The van der Waals surface area contributed by atoms with Crippen molar-refractivity contribution >= 4 is 15.8 Å². The van der Waals surface area contributed by atoms with Gasteiger partial charge in [0.2, 0.25) is 0 Å². The van der Waals surface area contributed by atoms with E-state index in [9.17, 15) is 13.2 Å². The van der Waals surface area contributed by atoms with Crippen molar-refractivity contribution in [3.8, 4) is 0 Å². The highest BCUT2D eigenvalue weighted by atomic mass is 32.2. The van der Waals surface area contributed by atoms with Crippen molar-refractivity contribution in [2.75, 3.05) is 5.75 Å². The Bertz CT molecular complexity index is 544. The van der Waals surface area contributed by atoms with Gasteiger partial charge in [-0.3, -0.25) is 0 Å². The lowest BCUT2D eigenvalue weighted by molar-refractivity contribution is 0.0696. The van der Waals surface area contributed by atoms with Crippen LogP contribution in [0.4, 0.5) is 0 Å². The Morgan fingerprint density at radius 3 is 2.39 bits per heavy atom. The fourth-order valence-electron chi connectivity index (χ4n) is 1.80. The van der Waals surface area contributed by atoms with Gasteiger partial charge >= 0.3 is 5.97 Å². The van der Waals surface area contributed by atoms with Crippen LogP contribution in [0.15, 0.2) is 23.1 Å². The molecule has 0 fully saturated rings. The summed E-state index contributed by atoms with van der Waals surface area (Å²) in [6.07, 6.45) is 0.562. The van der Waals surface area contributed by atoms with E-state index >= 15 is 0 Å². The number of rotatable bonds is 5. The molecule has 0 bridgehead atoms. The monoisotopic (exact) mass is 270 g/mol. The Balaban J connectivity index is 3.36. The Morgan fingerprint density at radius 1 is 1.33 bits per heavy atom. The summed E-state index contributed by atoms with van der Waals surface area (Å²) in [6.45, 7) is 5.50. The molecule has 4 nitrogen and oxygen atoms in total. The molecule has 5 heteroatoms. The highest BCUT2D eigenvalue weighted by Crippen LogP contribution is 2.21. The van der Waals surface area contributed by atoms with Crippen LogP contribution in [0.25, 0.3) is 0 Å². The van der Waals surface area contributed by atoms with Gasteiger partial charge in [0.05, 0.1) is 16.2 Å². The van der Waals surface area contributed by atoms with Crippen LogP contribution in [0.1, 0.15) is 36.7 Å². The van der Waals surface area contributed by atoms with E-state index < -0.39 is 15.8 Å². The Morgan fingerprint density at radius 2 is 1.94 bits per heavy atom. The number of aryl methyl sites for hydroxylation is 1. The molecule has 0 aliphatic carbocycles. The molecule has 18 heavy (non-hydrogen) atoms. The number of carbonyl (C=O) groups is 1. The summed E-state index contributed by atoms with van der Waals surface area (Å²) in [6, 6.07) is 4.28. The van der Waals surface area contributed by atoms with Crippen molar-refractivity contribution in [2.24, 2.45) is 5.92 Å². The van der Waals surface area contributed by atoms with E-state index in [1.807, 2.05) is 20.8 Å². The number of hydrogen-bond donors (Lipinski definition) is 1. The minimum Gasteiger partial charge on any atom is -0.478 e. The van der Waals surface area contributed by atoms with Crippen molar-refractivity contribution < 1.29 is 18.3 Å². The number of benzene rings is 1. The third kappa shape index (κ3) is 3.32. The Labute approximate surface area is 108 Å². The van der Waals surface area contributed by atoms with E-state index in [0.717, 1.165) is 0 Å². The minimum absolute atomic E-state index is 0.00758. The minimum atomic E-state index is -3.42. The summed E-state index contributed by atoms with van der Waals surface area (Å²) in [7, 11) is -3.42. The molecule has 0 aliphatic rings. The average molecular weight is 270 g/mol. The summed E-state index contributed by atoms with van der Waals surface area (Å²) in [5.74, 6) is -1.07. The lowest BCUT2D eigenvalue weighted by Gasteiger charge is -2.11. The van der Waals surface area contributed by atoms with E-state index in [2.05, 4.69) is 0 Å². The van der Waals surface area contributed by atoms with Crippen LogP contribution in [0, 0.1) is 5.92 Å². The SMILES string of the molecule is CCc1ccc(C(=O)O)cc1S(=O)(=O)CC(C)C. The molecule has 1 N–H and O–H groups in total. The summed E-state index contributed by atoms with van der Waals surface area (Å²) >= 11 is 0. The molecule has 1 rings (SSSR count). The normalized spacial score (nSPS) is 11.8. The van der Waals surface area contributed by atoms with Crippen LogP contribution in [0.3, 0.4) is 0 Å². The molecule has 0 aliphatic heterocycles. The molecule has 0 radical (unpaired) electrons. The van der Waals surface area contributed by atoms with Gasteiger partial charge in [-0.25, -0.2) is 13.2 Å². The largest absolute Gasteiger partial charge is 0.478 e. The maximum atomic E-state index is 12.2. The van der Waals surface area contributed by atoms with Crippen LogP contribution >= 0.6 is 0 Å². The summed E-state index contributed by atoms with van der Waals surface area (Å²) < 4.78 is 24.4. The summed E-state index contributed by atoms with van der Waals surface area (Å²) in [5.41, 5.74) is 0.676. The second-order valence-corrected chi connectivity index (χ2v) is 6.66. The van der Waals surface area contributed by atoms with Crippen molar-refractivity contribution in [3.63, 3.8) is 0 Å². The van der Waals surface area contributed by atoms with Gasteiger partial charge in [0.15, 0.2) is 9.84 Å². The first-order valence-corrected chi connectivity index (χ1v) is 7.52. The van der Waals surface area contributed by atoms with Gasteiger partial charge in [-0.1, -0.05) is 26.8 Å². The third-order valence-electron chi connectivity index (χ3n) is 2.58. The number of hydrogen-bond acceptors (Lipinski definition) is 3. The molecule has 0 saturated heterocycles. The second kappa shape index (κ2) is 5.52. The van der Waals surface area contributed by atoms with Gasteiger partial charge in [-0.2, -0.15) is 0 Å². The van der Waals surface area contributed by atoms with Crippen LogP contribution < -0.4 is 0 Å². The van der Waals surface area contributed by atoms with Crippen LogP contribution in [-0.4, -0.2) is 25.2 Å². The van der Waals surface area contributed by atoms with Gasteiger partial charge < -0.3 is 5.11 Å². The topological polar surface area (TPSA) is 71.4 Å². The maximum Gasteiger partial charge on any atom is 0.335 e. The summed E-state index contributed by atoms with van der Waals surface area (Å²) in [5, 5.41) is 8.93. The molecular weight excluding hydrogens is 252 g/mol. The molecule has 0 amide bonds. The molecule has 0 spiro atoms.